The van der Waals surface area contributed by atoms with E-state index in [0.717, 1.165) is 6.07 Å². The molecule has 0 radical (unpaired) electrons. The third kappa shape index (κ3) is 6.84. The molecule has 1 aromatic heterocycles. The molecule has 0 aliphatic carbocycles. The number of alkyl halides is 3. The zero-order valence-corrected chi connectivity index (χ0v) is 22.0. The van der Waals surface area contributed by atoms with Crippen LogP contribution < -0.4 is 15.4 Å². The summed E-state index contributed by atoms with van der Waals surface area (Å²) in [6, 6.07) is 29.4. The first-order valence-corrected chi connectivity index (χ1v) is 12.9. The maximum Gasteiger partial charge on any atom is 0.416 e. The molecule has 2 N–H and O–H groups in total. The predicted octanol–water partition coefficient (Wildman–Crippen LogP) is 6.97. The van der Waals surface area contributed by atoms with Gasteiger partial charge < -0.3 is 19.8 Å². The normalized spacial score (nSPS) is 11.1. The van der Waals surface area contributed by atoms with Crippen molar-refractivity contribution in [1.29, 1.82) is 0 Å². The number of hydrogen-bond acceptors (Lipinski definition) is 5. The molecule has 0 saturated carbocycles. The Morgan fingerprint density at radius 2 is 1.43 bits per heavy atom. The minimum Gasteiger partial charge on any atom is -0.484 e. The van der Waals surface area contributed by atoms with Crippen molar-refractivity contribution in [2.24, 2.45) is 0 Å². The fourth-order valence-electron chi connectivity index (χ4n) is 4.15. The predicted molar refractivity (Wildman–Crippen MR) is 151 cm³/mol. The van der Waals surface area contributed by atoms with Crippen molar-refractivity contribution in [3.8, 4) is 28.5 Å². The molecular weight excluding hydrogens is 547 g/mol. The van der Waals surface area contributed by atoms with E-state index in [9.17, 15) is 22.8 Å². The molecular formula is C32H24F3N3O4. The van der Waals surface area contributed by atoms with Crippen LogP contribution in [0.4, 0.5) is 18.9 Å². The van der Waals surface area contributed by atoms with E-state index < -0.39 is 17.6 Å². The topological polar surface area (TPSA) is 93.5 Å². The number of halogens is 3. The van der Waals surface area contributed by atoms with Gasteiger partial charge in [-0.15, -0.1) is 0 Å². The molecule has 0 aliphatic rings. The molecule has 212 valence electrons. The maximum atomic E-state index is 13.4. The number of anilines is 1. The molecule has 42 heavy (non-hydrogen) atoms. The van der Waals surface area contributed by atoms with Crippen LogP contribution in [0, 0.1) is 0 Å². The quantitative estimate of drug-likeness (QED) is 0.199. The summed E-state index contributed by atoms with van der Waals surface area (Å²) < 4.78 is 51.7. The van der Waals surface area contributed by atoms with Gasteiger partial charge in [0.25, 0.3) is 11.8 Å². The monoisotopic (exact) mass is 571 g/mol. The Hall–Kier alpha value is -5.38. The van der Waals surface area contributed by atoms with E-state index in [1.165, 1.54) is 18.2 Å². The molecule has 0 spiro atoms. The molecule has 0 bridgehead atoms. The Morgan fingerprint density at radius 3 is 2.12 bits per heavy atom. The minimum absolute atomic E-state index is 0.0805. The largest absolute Gasteiger partial charge is 0.484 e. The lowest BCUT2D eigenvalue weighted by Gasteiger charge is -2.13. The summed E-state index contributed by atoms with van der Waals surface area (Å²) in [5.41, 5.74) is 0.571. The molecule has 0 saturated heterocycles. The van der Waals surface area contributed by atoms with Crippen molar-refractivity contribution in [1.82, 2.24) is 10.3 Å². The highest BCUT2D eigenvalue weighted by atomic mass is 19.4. The number of carbonyl (C=O) groups is 2. The van der Waals surface area contributed by atoms with E-state index in [1.807, 2.05) is 12.1 Å². The van der Waals surface area contributed by atoms with Crippen LogP contribution in [0.3, 0.4) is 0 Å². The molecule has 5 aromatic rings. The lowest BCUT2D eigenvalue weighted by atomic mass is 10.1. The highest BCUT2D eigenvalue weighted by Gasteiger charge is 2.33. The van der Waals surface area contributed by atoms with Crippen LogP contribution in [0.25, 0.3) is 22.8 Å². The van der Waals surface area contributed by atoms with Gasteiger partial charge in [-0.2, -0.15) is 13.2 Å². The summed E-state index contributed by atoms with van der Waals surface area (Å²) in [6.45, 7) is -0.548. The summed E-state index contributed by atoms with van der Waals surface area (Å²) in [5, 5.41) is 5.27. The zero-order chi connectivity index (χ0) is 29.5. The Morgan fingerprint density at radius 1 is 0.786 bits per heavy atom. The average molecular weight is 572 g/mol. The Bertz CT molecular complexity index is 1670. The van der Waals surface area contributed by atoms with E-state index in [2.05, 4.69) is 15.6 Å². The van der Waals surface area contributed by atoms with Crippen LogP contribution >= 0.6 is 0 Å². The number of aromatic nitrogens is 1. The second kappa shape index (κ2) is 12.4. The molecule has 1 heterocycles. The molecule has 0 atom stereocenters. The van der Waals surface area contributed by atoms with Gasteiger partial charge in [-0.05, 0) is 60.2 Å². The molecule has 0 aliphatic heterocycles. The van der Waals surface area contributed by atoms with Crippen LogP contribution in [0.1, 0.15) is 21.6 Å². The van der Waals surface area contributed by atoms with Gasteiger partial charge in [0.2, 0.25) is 5.89 Å². The first-order chi connectivity index (χ1) is 20.3. The average Bonchev–Trinajstić information content (AvgIpc) is 3.46. The van der Waals surface area contributed by atoms with Crippen LogP contribution in [-0.4, -0.2) is 23.4 Å². The van der Waals surface area contributed by atoms with E-state index >= 15 is 0 Å². The van der Waals surface area contributed by atoms with Gasteiger partial charge in [-0.1, -0.05) is 54.6 Å². The van der Waals surface area contributed by atoms with Gasteiger partial charge in [0.05, 0.1) is 5.56 Å². The molecule has 5 rings (SSSR count). The number of amides is 2. The van der Waals surface area contributed by atoms with Gasteiger partial charge in [0, 0.05) is 23.4 Å². The molecule has 0 fully saturated rings. The minimum atomic E-state index is -4.56. The van der Waals surface area contributed by atoms with Crippen LogP contribution in [0.5, 0.6) is 5.75 Å². The number of para-hydroxylation sites is 1. The number of ether oxygens (including phenoxy) is 1. The number of rotatable bonds is 9. The number of nitrogens with zero attached hydrogens (tertiary/aromatic N) is 1. The molecule has 10 heteroatoms. The number of oxazole rings is 1. The van der Waals surface area contributed by atoms with Crippen molar-refractivity contribution in [2.75, 3.05) is 11.9 Å². The van der Waals surface area contributed by atoms with Gasteiger partial charge in [0.15, 0.2) is 18.1 Å². The number of hydrogen-bond donors (Lipinski definition) is 2. The number of benzene rings is 4. The highest BCUT2D eigenvalue weighted by Crippen LogP contribution is 2.33. The van der Waals surface area contributed by atoms with E-state index in [1.54, 1.807) is 72.8 Å². The van der Waals surface area contributed by atoms with Gasteiger partial charge in [-0.25, -0.2) is 4.98 Å². The van der Waals surface area contributed by atoms with Crippen LogP contribution in [0.2, 0.25) is 0 Å². The first kappa shape index (κ1) is 28.2. The van der Waals surface area contributed by atoms with E-state index in [4.69, 9.17) is 9.15 Å². The number of nitrogens with one attached hydrogen (secondary N) is 2. The summed E-state index contributed by atoms with van der Waals surface area (Å²) in [6.07, 6.45) is -4.56. The van der Waals surface area contributed by atoms with Gasteiger partial charge >= 0.3 is 6.18 Å². The Labute approximate surface area is 239 Å². The fourth-order valence-corrected chi connectivity index (χ4v) is 4.15. The lowest BCUT2D eigenvalue weighted by molar-refractivity contribution is -0.138. The second-order valence-corrected chi connectivity index (χ2v) is 9.13. The van der Waals surface area contributed by atoms with Crippen molar-refractivity contribution in [3.05, 3.63) is 126 Å². The number of carbonyl (C=O) groups excluding carboxylic acids is 2. The third-order valence-corrected chi connectivity index (χ3v) is 6.17. The van der Waals surface area contributed by atoms with Crippen molar-refractivity contribution in [2.45, 2.75) is 12.7 Å². The van der Waals surface area contributed by atoms with Crippen molar-refractivity contribution >= 4 is 17.5 Å². The van der Waals surface area contributed by atoms with Gasteiger partial charge in [-0.3, -0.25) is 9.59 Å². The maximum absolute atomic E-state index is 13.4. The standard InChI is InChI=1S/C32H24F3N3O4/c33-32(34,35)26-14-8-7-11-23(26)19-36-30(40)28-29(42-31(38-28)22-9-3-1-4-10-22)21-15-17-24(18-16-21)37-27(39)20-41-25-12-5-2-6-13-25/h1-18H,19-20H2,(H,36,40)(H,37,39). The summed E-state index contributed by atoms with van der Waals surface area (Å²) in [5.74, 6) is -0.210. The second-order valence-electron chi connectivity index (χ2n) is 9.13. The Balaban J connectivity index is 1.35. The highest BCUT2D eigenvalue weighted by molar-refractivity contribution is 5.98. The summed E-state index contributed by atoms with van der Waals surface area (Å²) in [7, 11) is 0. The summed E-state index contributed by atoms with van der Waals surface area (Å²) >= 11 is 0. The smallest absolute Gasteiger partial charge is 0.416 e. The molecule has 4 aromatic carbocycles. The zero-order valence-electron chi connectivity index (χ0n) is 22.0. The lowest BCUT2D eigenvalue weighted by Crippen LogP contribution is -2.25. The van der Waals surface area contributed by atoms with Crippen molar-refractivity contribution < 1.29 is 31.9 Å². The molecule has 2 amide bonds. The van der Waals surface area contributed by atoms with Crippen molar-refractivity contribution in [3.63, 3.8) is 0 Å². The fraction of sp³-hybridized carbons (Fsp3) is 0.0938. The van der Waals surface area contributed by atoms with Crippen LogP contribution in [0.15, 0.2) is 114 Å². The molecule has 0 unspecified atom stereocenters. The SMILES string of the molecule is O=C(COc1ccccc1)Nc1ccc(-c2oc(-c3ccccc3)nc2C(=O)NCc2ccccc2C(F)(F)F)cc1. The Kier molecular flexibility index (Phi) is 8.33. The third-order valence-electron chi connectivity index (χ3n) is 6.17. The van der Waals surface area contributed by atoms with E-state index in [0.29, 0.717) is 22.6 Å². The molecule has 7 nitrogen and oxygen atoms in total. The first-order valence-electron chi connectivity index (χ1n) is 12.9. The van der Waals surface area contributed by atoms with Crippen LogP contribution in [-0.2, 0) is 17.5 Å². The summed E-state index contributed by atoms with van der Waals surface area (Å²) in [4.78, 5) is 29.9. The van der Waals surface area contributed by atoms with E-state index in [-0.39, 0.29) is 42.0 Å². The van der Waals surface area contributed by atoms with Gasteiger partial charge in [0.1, 0.15) is 5.75 Å².